The maximum atomic E-state index is 5.66. The molecule has 0 amide bonds. The second-order valence-corrected chi connectivity index (χ2v) is 6.45. The van der Waals surface area contributed by atoms with Crippen molar-refractivity contribution in [3.8, 4) is 11.3 Å². The number of hydrogen-bond donors (Lipinski definition) is 1. The largest absolute Gasteiger partial charge is 0.388 e. The van der Waals surface area contributed by atoms with E-state index in [1.165, 1.54) is 37.7 Å². The molecule has 0 bridgehead atoms. The van der Waals surface area contributed by atoms with E-state index in [9.17, 15) is 0 Å². The summed E-state index contributed by atoms with van der Waals surface area (Å²) < 4.78 is 0. The number of benzene rings is 1. The van der Waals surface area contributed by atoms with E-state index in [1.54, 1.807) is 6.20 Å². The van der Waals surface area contributed by atoms with Crippen LogP contribution in [0.5, 0.6) is 0 Å². The Morgan fingerprint density at radius 1 is 1.14 bits per heavy atom. The SMILES string of the molecule is Cc1ncc(C(N)=S)nc1-c1ccc(C2CCCCC2)cc1. The Morgan fingerprint density at radius 3 is 2.45 bits per heavy atom. The van der Waals surface area contributed by atoms with Gasteiger partial charge in [-0.2, -0.15) is 0 Å². The van der Waals surface area contributed by atoms with Gasteiger partial charge in [0.25, 0.3) is 0 Å². The molecule has 22 heavy (non-hydrogen) atoms. The van der Waals surface area contributed by atoms with Crippen LogP contribution in [-0.4, -0.2) is 15.0 Å². The second kappa shape index (κ2) is 6.53. The molecular weight excluding hydrogens is 290 g/mol. The highest BCUT2D eigenvalue weighted by Gasteiger charge is 2.16. The molecule has 0 saturated heterocycles. The first-order valence-corrected chi connectivity index (χ1v) is 8.30. The number of aryl methyl sites for hydroxylation is 1. The molecule has 1 fully saturated rings. The van der Waals surface area contributed by atoms with Gasteiger partial charge in [0.05, 0.1) is 17.6 Å². The average Bonchev–Trinajstić information content (AvgIpc) is 2.56. The highest BCUT2D eigenvalue weighted by atomic mass is 32.1. The standard InChI is InChI=1S/C18H21N3S/c1-12-17(21-16(11-20-12)18(19)22)15-9-7-14(8-10-15)13-5-3-2-4-6-13/h7-11,13H,2-6H2,1H3,(H2,19,22). The van der Waals surface area contributed by atoms with E-state index < -0.39 is 0 Å². The fourth-order valence-corrected chi connectivity index (χ4v) is 3.29. The molecule has 0 unspecified atom stereocenters. The number of nitrogens with zero attached hydrogens (tertiary/aromatic N) is 2. The zero-order valence-electron chi connectivity index (χ0n) is 12.9. The highest BCUT2D eigenvalue weighted by molar-refractivity contribution is 7.80. The molecule has 1 aromatic carbocycles. The topological polar surface area (TPSA) is 51.8 Å². The molecule has 0 aliphatic heterocycles. The molecular formula is C18H21N3S. The van der Waals surface area contributed by atoms with Crippen molar-refractivity contribution in [2.45, 2.75) is 44.9 Å². The fraction of sp³-hybridized carbons (Fsp3) is 0.389. The van der Waals surface area contributed by atoms with Gasteiger partial charge in [-0.15, -0.1) is 0 Å². The maximum Gasteiger partial charge on any atom is 0.124 e. The summed E-state index contributed by atoms with van der Waals surface area (Å²) in [4.78, 5) is 9.20. The minimum atomic E-state index is 0.285. The van der Waals surface area contributed by atoms with E-state index in [-0.39, 0.29) is 4.99 Å². The van der Waals surface area contributed by atoms with E-state index >= 15 is 0 Å². The van der Waals surface area contributed by atoms with Gasteiger partial charge in [0.2, 0.25) is 0 Å². The van der Waals surface area contributed by atoms with Crippen molar-refractivity contribution in [2.24, 2.45) is 5.73 Å². The summed E-state index contributed by atoms with van der Waals surface area (Å²) in [5, 5.41) is 0. The molecule has 1 heterocycles. The molecule has 0 spiro atoms. The molecule has 1 aromatic heterocycles. The van der Waals surface area contributed by atoms with Crippen LogP contribution in [0.2, 0.25) is 0 Å². The summed E-state index contributed by atoms with van der Waals surface area (Å²) in [6, 6.07) is 8.76. The van der Waals surface area contributed by atoms with Gasteiger partial charge in [-0.1, -0.05) is 55.7 Å². The van der Waals surface area contributed by atoms with Crippen LogP contribution in [0.15, 0.2) is 30.5 Å². The molecule has 1 saturated carbocycles. The Bertz CT molecular complexity index is 673. The van der Waals surface area contributed by atoms with E-state index in [0.29, 0.717) is 5.69 Å². The Morgan fingerprint density at radius 2 is 1.82 bits per heavy atom. The van der Waals surface area contributed by atoms with Crippen LogP contribution in [0.4, 0.5) is 0 Å². The lowest BCUT2D eigenvalue weighted by molar-refractivity contribution is 0.443. The van der Waals surface area contributed by atoms with Gasteiger partial charge in [0, 0.05) is 5.56 Å². The predicted octanol–water partition coefficient (Wildman–Crippen LogP) is 4.13. The summed E-state index contributed by atoms with van der Waals surface area (Å²) in [7, 11) is 0. The lowest BCUT2D eigenvalue weighted by Crippen LogP contribution is -2.13. The highest BCUT2D eigenvalue weighted by Crippen LogP contribution is 2.33. The van der Waals surface area contributed by atoms with Crippen LogP contribution < -0.4 is 5.73 Å². The van der Waals surface area contributed by atoms with Gasteiger partial charge in [-0.25, -0.2) is 4.98 Å². The Labute approximate surface area is 137 Å². The van der Waals surface area contributed by atoms with Crippen LogP contribution >= 0.6 is 12.2 Å². The molecule has 0 atom stereocenters. The number of aromatic nitrogens is 2. The van der Waals surface area contributed by atoms with E-state index in [4.69, 9.17) is 18.0 Å². The van der Waals surface area contributed by atoms with Crippen molar-refractivity contribution < 1.29 is 0 Å². The maximum absolute atomic E-state index is 5.66. The minimum Gasteiger partial charge on any atom is -0.388 e. The zero-order chi connectivity index (χ0) is 15.5. The Hall–Kier alpha value is -1.81. The lowest BCUT2D eigenvalue weighted by Gasteiger charge is -2.22. The van der Waals surface area contributed by atoms with E-state index in [2.05, 4.69) is 34.2 Å². The first-order chi connectivity index (χ1) is 10.6. The number of nitrogens with two attached hydrogens (primary N) is 1. The van der Waals surface area contributed by atoms with Gasteiger partial charge < -0.3 is 5.73 Å². The van der Waals surface area contributed by atoms with Crippen LogP contribution in [0, 0.1) is 6.92 Å². The molecule has 2 N–H and O–H groups in total. The third-order valence-electron chi connectivity index (χ3n) is 4.47. The molecule has 3 rings (SSSR count). The number of thiocarbonyl (C=S) groups is 1. The van der Waals surface area contributed by atoms with Gasteiger partial charge >= 0.3 is 0 Å². The number of rotatable bonds is 3. The summed E-state index contributed by atoms with van der Waals surface area (Å²) in [6.45, 7) is 1.96. The van der Waals surface area contributed by atoms with E-state index in [1.807, 2.05) is 6.92 Å². The first-order valence-electron chi connectivity index (χ1n) is 7.89. The lowest BCUT2D eigenvalue weighted by atomic mass is 9.84. The smallest absolute Gasteiger partial charge is 0.124 e. The third-order valence-corrected chi connectivity index (χ3v) is 4.68. The minimum absolute atomic E-state index is 0.285. The van der Waals surface area contributed by atoms with Crippen LogP contribution in [-0.2, 0) is 0 Å². The Kier molecular flexibility index (Phi) is 4.48. The fourth-order valence-electron chi connectivity index (χ4n) is 3.19. The van der Waals surface area contributed by atoms with Gasteiger partial charge in [0.15, 0.2) is 0 Å². The van der Waals surface area contributed by atoms with Crippen molar-refractivity contribution in [1.82, 2.24) is 9.97 Å². The molecule has 0 radical (unpaired) electrons. The quantitative estimate of drug-likeness (QED) is 0.866. The van der Waals surface area contributed by atoms with Crippen LogP contribution in [0.3, 0.4) is 0 Å². The molecule has 1 aliphatic rings. The van der Waals surface area contributed by atoms with Crippen molar-refractivity contribution in [3.63, 3.8) is 0 Å². The molecule has 114 valence electrons. The van der Waals surface area contributed by atoms with Gasteiger partial charge in [0.1, 0.15) is 10.7 Å². The van der Waals surface area contributed by atoms with Crippen molar-refractivity contribution in [1.29, 1.82) is 0 Å². The third kappa shape index (κ3) is 3.17. The Balaban J connectivity index is 1.89. The van der Waals surface area contributed by atoms with Crippen LogP contribution in [0.25, 0.3) is 11.3 Å². The van der Waals surface area contributed by atoms with Crippen molar-refractivity contribution in [3.05, 3.63) is 47.4 Å². The average molecular weight is 311 g/mol. The van der Waals surface area contributed by atoms with Crippen LogP contribution in [0.1, 0.15) is 55.0 Å². The predicted molar refractivity (Wildman–Crippen MR) is 93.9 cm³/mol. The number of hydrogen-bond acceptors (Lipinski definition) is 3. The summed E-state index contributed by atoms with van der Waals surface area (Å²) in [6.07, 6.45) is 8.36. The van der Waals surface area contributed by atoms with Crippen molar-refractivity contribution >= 4 is 17.2 Å². The van der Waals surface area contributed by atoms with Gasteiger partial charge in [-0.05, 0) is 31.2 Å². The molecule has 3 nitrogen and oxygen atoms in total. The van der Waals surface area contributed by atoms with Crippen molar-refractivity contribution in [2.75, 3.05) is 0 Å². The molecule has 1 aliphatic carbocycles. The summed E-state index contributed by atoms with van der Waals surface area (Å²) in [5.74, 6) is 0.720. The normalized spacial score (nSPS) is 15.7. The van der Waals surface area contributed by atoms with Gasteiger partial charge in [-0.3, -0.25) is 4.98 Å². The zero-order valence-corrected chi connectivity index (χ0v) is 13.7. The molecule has 4 heteroatoms. The first kappa shape index (κ1) is 15.1. The summed E-state index contributed by atoms with van der Waals surface area (Å²) >= 11 is 5.00. The monoisotopic (exact) mass is 311 g/mol. The molecule has 2 aromatic rings. The second-order valence-electron chi connectivity index (χ2n) is 6.01. The van der Waals surface area contributed by atoms with E-state index in [0.717, 1.165) is 22.9 Å². The summed E-state index contributed by atoms with van der Waals surface area (Å²) in [5.41, 5.74) is 10.5.